The number of rotatable bonds is 2. The number of hydrogen-bond acceptors (Lipinski definition) is 3. The highest BCUT2D eigenvalue weighted by atomic mass is 35.5. The first-order valence-corrected chi connectivity index (χ1v) is 5.01. The maximum atomic E-state index is 5.91. The predicted molar refractivity (Wildman–Crippen MR) is 59.6 cm³/mol. The molecule has 3 nitrogen and oxygen atoms in total. The zero-order valence-electron chi connectivity index (χ0n) is 8.33. The fourth-order valence-electron chi connectivity index (χ4n) is 1.49. The summed E-state index contributed by atoms with van der Waals surface area (Å²) in [7, 11) is 0. The van der Waals surface area contributed by atoms with Gasteiger partial charge in [0.05, 0.1) is 0 Å². The molecule has 0 aliphatic heterocycles. The molecule has 0 fully saturated rings. The van der Waals surface area contributed by atoms with E-state index >= 15 is 0 Å². The van der Waals surface area contributed by atoms with Gasteiger partial charge in [-0.05, 0) is 19.1 Å². The Balaban J connectivity index is 2.54. The van der Waals surface area contributed by atoms with E-state index in [9.17, 15) is 0 Å². The van der Waals surface area contributed by atoms with Crippen molar-refractivity contribution >= 4 is 11.6 Å². The van der Waals surface area contributed by atoms with E-state index in [2.05, 4.69) is 5.16 Å². The lowest BCUT2D eigenvalue weighted by Gasteiger charge is -1.99. The Hall–Kier alpha value is -1.32. The highest BCUT2D eigenvalue weighted by molar-refractivity contribution is 6.30. The zero-order chi connectivity index (χ0) is 10.8. The first-order valence-electron chi connectivity index (χ1n) is 4.63. The van der Waals surface area contributed by atoms with Crippen LogP contribution in [0.15, 0.2) is 28.8 Å². The van der Waals surface area contributed by atoms with Crippen LogP contribution in [0, 0.1) is 6.92 Å². The molecule has 78 valence electrons. The molecule has 4 heteroatoms. The third-order valence-electron chi connectivity index (χ3n) is 2.29. The quantitative estimate of drug-likeness (QED) is 0.850. The molecule has 2 N–H and O–H groups in total. The smallest absolute Gasteiger partial charge is 0.138 e. The minimum Gasteiger partial charge on any atom is -0.361 e. The third kappa shape index (κ3) is 1.89. The van der Waals surface area contributed by atoms with Gasteiger partial charge in [-0.1, -0.05) is 28.9 Å². The maximum Gasteiger partial charge on any atom is 0.138 e. The number of nitrogens with two attached hydrogens (primary N) is 1. The van der Waals surface area contributed by atoms with Crippen LogP contribution in [-0.4, -0.2) is 5.16 Å². The van der Waals surface area contributed by atoms with Gasteiger partial charge >= 0.3 is 0 Å². The molecule has 0 bridgehead atoms. The van der Waals surface area contributed by atoms with Crippen molar-refractivity contribution in [2.45, 2.75) is 13.5 Å². The average Bonchev–Trinajstić information content (AvgIpc) is 2.59. The van der Waals surface area contributed by atoms with Gasteiger partial charge in [0.1, 0.15) is 11.5 Å². The fraction of sp³-hybridized carbons (Fsp3) is 0.182. The van der Waals surface area contributed by atoms with Gasteiger partial charge in [0.25, 0.3) is 0 Å². The number of aryl methyl sites for hydroxylation is 1. The van der Waals surface area contributed by atoms with Crippen LogP contribution >= 0.6 is 11.6 Å². The number of benzene rings is 1. The van der Waals surface area contributed by atoms with Crippen molar-refractivity contribution in [2.75, 3.05) is 0 Å². The van der Waals surface area contributed by atoms with Gasteiger partial charge in [0, 0.05) is 22.7 Å². The molecule has 1 heterocycles. The summed E-state index contributed by atoms with van der Waals surface area (Å²) in [6.07, 6.45) is 0. The molecule has 0 aliphatic carbocycles. The normalized spacial score (nSPS) is 10.6. The second kappa shape index (κ2) is 4.04. The predicted octanol–water partition coefficient (Wildman–Crippen LogP) is 2.76. The van der Waals surface area contributed by atoms with Crippen LogP contribution in [0.3, 0.4) is 0 Å². The Bertz CT molecular complexity index is 479. The lowest BCUT2D eigenvalue weighted by atomic mass is 10.1. The van der Waals surface area contributed by atoms with Crippen molar-refractivity contribution < 1.29 is 4.52 Å². The minimum atomic E-state index is 0.414. The Morgan fingerprint density at radius 3 is 2.93 bits per heavy atom. The maximum absolute atomic E-state index is 5.91. The molecule has 1 aromatic heterocycles. The van der Waals surface area contributed by atoms with Crippen LogP contribution in [0.5, 0.6) is 0 Å². The van der Waals surface area contributed by atoms with E-state index in [1.807, 2.05) is 31.2 Å². The molecular weight excluding hydrogens is 212 g/mol. The van der Waals surface area contributed by atoms with E-state index in [4.69, 9.17) is 21.9 Å². The molecule has 0 spiro atoms. The highest BCUT2D eigenvalue weighted by Crippen LogP contribution is 2.26. The first kappa shape index (κ1) is 10.2. The second-order valence-corrected chi connectivity index (χ2v) is 3.72. The van der Waals surface area contributed by atoms with Crippen molar-refractivity contribution in [1.82, 2.24) is 5.16 Å². The average molecular weight is 223 g/mol. The Kier molecular flexibility index (Phi) is 2.75. The Morgan fingerprint density at radius 2 is 2.27 bits per heavy atom. The number of hydrogen-bond donors (Lipinski definition) is 1. The summed E-state index contributed by atoms with van der Waals surface area (Å²) in [5.41, 5.74) is 8.27. The molecule has 1 aromatic carbocycles. The SMILES string of the molecule is Cc1onc(-c2cccc(Cl)c2)c1CN. The van der Waals surface area contributed by atoms with Crippen molar-refractivity contribution in [3.8, 4) is 11.3 Å². The molecular formula is C11H11ClN2O. The van der Waals surface area contributed by atoms with E-state index in [-0.39, 0.29) is 0 Å². The van der Waals surface area contributed by atoms with Crippen molar-refractivity contribution in [3.05, 3.63) is 40.6 Å². The van der Waals surface area contributed by atoms with Gasteiger partial charge in [0.2, 0.25) is 0 Å². The molecule has 0 unspecified atom stereocenters. The highest BCUT2D eigenvalue weighted by Gasteiger charge is 2.12. The van der Waals surface area contributed by atoms with E-state index in [0.717, 1.165) is 22.6 Å². The first-order chi connectivity index (χ1) is 7.22. The van der Waals surface area contributed by atoms with Crippen LogP contribution in [0.1, 0.15) is 11.3 Å². The lowest BCUT2D eigenvalue weighted by molar-refractivity contribution is 0.398. The van der Waals surface area contributed by atoms with Gasteiger partial charge in [-0.25, -0.2) is 0 Å². The van der Waals surface area contributed by atoms with Crippen LogP contribution in [0.4, 0.5) is 0 Å². The summed E-state index contributed by atoms with van der Waals surface area (Å²) in [5, 5.41) is 4.66. The Morgan fingerprint density at radius 1 is 1.47 bits per heavy atom. The van der Waals surface area contributed by atoms with E-state index in [1.54, 1.807) is 0 Å². The van der Waals surface area contributed by atoms with Crippen LogP contribution in [0.25, 0.3) is 11.3 Å². The number of halogens is 1. The minimum absolute atomic E-state index is 0.414. The van der Waals surface area contributed by atoms with Crippen molar-refractivity contribution in [3.63, 3.8) is 0 Å². The summed E-state index contributed by atoms with van der Waals surface area (Å²) >= 11 is 5.91. The molecule has 0 atom stereocenters. The Labute approximate surface area is 92.8 Å². The molecule has 0 aliphatic rings. The van der Waals surface area contributed by atoms with Gasteiger partial charge in [-0.3, -0.25) is 0 Å². The van der Waals surface area contributed by atoms with Crippen molar-refractivity contribution in [1.29, 1.82) is 0 Å². The monoisotopic (exact) mass is 222 g/mol. The van der Waals surface area contributed by atoms with E-state index < -0.39 is 0 Å². The van der Waals surface area contributed by atoms with E-state index in [1.165, 1.54) is 0 Å². The second-order valence-electron chi connectivity index (χ2n) is 3.28. The summed E-state index contributed by atoms with van der Waals surface area (Å²) in [6, 6.07) is 7.47. The third-order valence-corrected chi connectivity index (χ3v) is 2.52. The number of nitrogens with zero attached hydrogens (tertiary/aromatic N) is 1. The molecule has 0 saturated heterocycles. The molecule has 0 radical (unpaired) electrons. The molecule has 0 saturated carbocycles. The van der Waals surface area contributed by atoms with Crippen LogP contribution < -0.4 is 5.73 Å². The zero-order valence-corrected chi connectivity index (χ0v) is 9.08. The summed E-state index contributed by atoms with van der Waals surface area (Å²) in [4.78, 5) is 0. The van der Waals surface area contributed by atoms with Crippen molar-refractivity contribution in [2.24, 2.45) is 5.73 Å². The lowest BCUT2D eigenvalue weighted by Crippen LogP contribution is -1.98. The standard InChI is InChI=1S/C11H11ClN2O/c1-7-10(6-13)11(14-15-7)8-3-2-4-9(12)5-8/h2-5H,6,13H2,1H3. The molecule has 0 amide bonds. The summed E-state index contributed by atoms with van der Waals surface area (Å²) < 4.78 is 5.11. The topological polar surface area (TPSA) is 52.0 Å². The van der Waals surface area contributed by atoms with Gasteiger partial charge in [-0.15, -0.1) is 0 Å². The molecule has 2 aromatic rings. The van der Waals surface area contributed by atoms with E-state index in [0.29, 0.717) is 11.6 Å². The summed E-state index contributed by atoms with van der Waals surface area (Å²) in [5.74, 6) is 0.757. The van der Waals surface area contributed by atoms with Gasteiger partial charge < -0.3 is 10.3 Å². The molecule has 15 heavy (non-hydrogen) atoms. The largest absolute Gasteiger partial charge is 0.361 e. The van der Waals surface area contributed by atoms with Crippen LogP contribution in [-0.2, 0) is 6.54 Å². The number of aromatic nitrogens is 1. The van der Waals surface area contributed by atoms with Gasteiger partial charge in [0.15, 0.2) is 0 Å². The summed E-state index contributed by atoms with van der Waals surface area (Å²) in [6.45, 7) is 2.26. The fourth-order valence-corrected chi connectivity index (χ4v) is 1.68. The molecule has 2 rings (SSSR count). The van der Waals surface area contributed by atoms with Crippen LogP contribution in [0.2, 0.25) is 5.02 Å². The van der Waals surface area contributed by atoms with Gasteiger partial charge in [-0.2, -0.15) is 0 Å².